The van der Waals surface area contributed by atoms with Crippen LogP contribution in [-0.4, -0.2) is 18.1 Å². The van der Waals surface area contributed by atoms with E-state index in [1.54, 1.807) is 0 Å². The van der Waals surface area contributed by atoms with Crippen molar-refractivity contribution in [2.24, 2.45) is 0 Å². The van der Waals surface area contributed by atoms with E-state index in [0.29, 0.717) is 6.42 Å². The minimum atomic E-state index is -1.66. The summed E-state index contributed by atoms with van der Waals surface area (Å²) in [6.07, 6.45) is 3.86. The van der Waals surface area contributed by atoms with Gasteiger partial charge >= 0.3 is 0 Å². The van der Waals surface area contributed by atoms with Crippen LogP contribution < -0.4 is 0 Å². The number of hydrogen-bond acceptors (Lipinski definition) is 1. The fourth-order valence-electron chi connectivity index (χ4n) is 1.11. The van der Waals surface area contributed by atoms with Gasteiger partial charge < -0.3 is 5.11 Å². The van der Waals surface area contributed by atoms with Crippen LogP contribution in [0.15, 0.2) is 0 Å². The van der Waals surface area contributed by atoms with Crippen LogP contribution in [0.25, 0.3) is 0 Å². The molecular formula is C9H18F2O. The monoisotopic (exact) mass is 180 g/mol. The molecule has 1 N–H and O–H groups in total. The van der Waals surface area contributed by atoms with Gasteiger partial charge in [-0.2, -0.15) is 0 Å². The van der Waals surface area contributed by atoms with Gasteiger partial charge in [0.25, 0.3) is 0 Å². The third kappa shape index (κ3) is 9.82. The van der Waals surface area contributed by atoms with Crippen molar-refractivity contribution in [2.75, 3.05) is 6.67 Å². The Kier molecular flexibility index (Phi) is 8.78. The van der Waals surface area contributed by atoms with Crippen LogP contribution in [0, 0.1) is 0 Å². The summed E-state index contributed by atoms with van der Waals surface area (Å²) in [6.45, 7) is -0.233. The first-order valence-corrected chi connectivity index (χ1v) is 4.65. The third-order valence-electron chi connectivity index (χ3n) is 1.83. The van der Waals surface area contributed by atoms with Crippen LogP contribution in [0.4, 0.5) is 8.78 Å². The third-order valence-corrected chi connectivity index (χ3v) is 1.83. The van der Waals surface area contributed by atoms with E-state index in [0.717, 1.165) is 32.1 Å². The Bertz CT molecular complexity index is 86.6. The van der Waals surface area contributed by atoms with E-state index < -0.39 is 6.36 Å². The van der Waals surface area contributed by atoms with Crippen molar-refractivity contribution >= 4 is 0 Å². The van der Waals surface area contributed by atoms with Gasteiger partial charge in [-0.15, -0.1) is 0 Å². The summed E-state index contributed by atoms with van der Waals surface area (Å²) in [5.41, 5.74) is 0. The summed E-state index contributed by atoms with van der Waals surface area (Å²) in [5.74, 6) is 0. The van der Waals surface area contributed by atoms with Crippen LogP contribution >= 0.6 is 0 Å². The highest BCUT2D eigenvalue weighted by Crippen LogP contribution is 2.08. The molecule has 0 saturated heterocycles. The average molecular weight is 180 g/mol. The molecule has 0 amide bonds. The highest BCUT2D eigenvalue weighted by atomic mass is 19.1. The van der Waals surface area contributed by atoms with Gasteiger partial charge in [0, 0.05) is 6.42 Å². The zero-order chi connectivity index (χ0) is 9.23. The molecule has 0 bridgehead atoms. The summed E-state index contributed by atoms with van der Waals surface area (Å²) >= 11 is 0. The maximum atomic E-state index is 11.8. The largest absolute Gasteiger partial charge is 0.364 e. The molecule has 0 aromatic rings. The predicted octanol–water partition coefficient (Wildman–Crippen LogP) is 2.97. The number of aliphatic hydroxyl groups is 1. The normalized spacial score (nSPS) is 13.2. The minimum Gasteiger partial charge on any atom is -0.364 e. The smallest absolute Gasteiger partial charge is 0.196 e. The second-order valence-corrected chi connectivity index (χ2v) is 3.03. The van der Waals surface area contributed by atoms with Gasteiger partial charge in [-0.25, -0.2) is 4.39 Å². The Hall–Kier alpha value is -0.180. The number of hydrogen-bond donors (Lipinski definition) is 1. The van der Waals surface area contributed by atoms with Crippen LogP contribution in [-0.2, 0) is 0 Å². The van der Waals surface area contributed by atoms with E-state index in [9.17, 15) is 8.78 Å². The molecule has 1 unspecified atom stereocenters. The molecule has 0 aliphatic rings. The molecular weight excluding hydrogens is 162 g/mol. The molecule has 0 aromatic heterocycles. The van der Waals surface area contributed by atoms with Gasteiger partial charge in [0.1, 0.15) is 0 Å². The SMILES string of the molecule is OC(F)CCCCCCCCF. The molecule has 1 atom stereocenters. The van der Waals surface area contributed by atoms with Crippen molar-refractivity contribution in [1.29, 1.82) is 0 Å². The molecule has 3 heteroatoms. The first kappa shape index (κ1) is 11.8. The molecule has 0 radical (unpaired) electrons. The first-order chi connectivity index (χ1) is 5.77. The van der Waals surface area contributed by atoms with E-state index >= 15 is 0 Å². The second-order valence-electron chi connectivity index (χ2n) is 3.03. The lowest BCUT2D eigenvalue weighted by molar-refractivity contribution is 0.0323. The first-order valence-electron chi connectivity index (χ1n) is 4.65. The van der Waals surface area contributed by atoms with Crippen LogP contribution in [0.1, 0.15) is 44.9 Å². The number of unbranched alkanes of at least 4 members (excludes halogenated alkanes) is 5. The van der Waals surface area contributed by atoms with Crippen molar-refractivity contribution in [2.45, 2.75) is 51.3 Å². The molecule has 0 fully saturated rings. The predicted molar refractivity (Wildman–Crippen MR) is 45.4 cm³/mol. The van der Waals surface area contributed by atoms with Crippen molar-refractivity contribution in [1.82, 2.24) is 0 Å². The van der Waals surface area contributed by atoms with E-state index in [-0.39, 0.29) is 13.1 Å². The number of rotatable bonds is 8. The van der Waals surface area contributed by atoms with Gasteiger partial charge in [0.15, 0.2) is 6.36 Å². The van der Waals surface area contributed by atoms with Gasteiger partial charge in [0.2, 0.25) is 0 Å². The molecule has 12 heavy (non-hydrogen) atoms. The highest BCUT2D eigenvalue weighted by Gasteiger charge is 1.98. The van der Waals surface area contributed by atoms with Gasteiger partial charge in [-0.3, -0.25) is 4.39 Å². The van der Waals surface area contributed by atoms with Gasteiger partial charge in [-0.05, 0) is 12.8 Å². The topological polar surface area (TPSA) is 20.2 Å². The number of aliphatic hydroxyl groups excluding tert-OH is 1. The van der Waals surface area contributed by atoms with Gasteiger partial charge in [-0.1, -0.05) is 25.7 Å². The molecule has 0 aromatic carbocycles. The van der Waals surface area contributed by atoms with Crippen molar-refractivity contribution in [3.8, 4) is 0 Å². The van der Waals surface area contributed by atoms with E-state index in [1.165, 1.54) is 0 Å². The summed E-state index contributed by atoms with van der Waals surface area (Å²) in [6, 6.07) is 0. The lowest BCUT2D eigenvalue weighted by atomic mass is 10.1. The Morgan fingerprint density at radius 3 is 1.92 bits per heavy atom. The zero-order valence-electron chi connectivity index (χ0n) is 7.44. The lowest BCUT2D eigenvalue weighted by Crippen LogP contribution is -1.95. The minimum absolute atomic E-state index is 0.233. The molecule has 0 heterocycles. The Morgan fingerprint density at radius 2 is 1.42 bits per heavy atom. The fraction of sp³-hybridized carbons (Fsp3) is 1.00. The number of halogens is 2. The zero-order valence-corrected chi connectivity index (χ0v) is 7.44. The maximum absolute atomic E-state index is 11.8. The standard InChI is InChI=1S/C9H18F2O/c10-8-6-4-2-1-3-5-7-9(11)12/h9,12H,1-8H2. The van der Waals surface area contributed by atoms with Crippen LogP contribution in [0.5, 0.6) is 0 Å². The average Bonchev–Trinajstić information content (AvgIpc) is 2.02. The molecule has 0 rings (SSSR count). The van der Waals surface area contributed by atoms with Gasteiger partial charge in [0.05, 0.1) is 6.67 Å². The molecule has 0 saturated carbocycles. The Balaban J connectivity index is 2.82. The molecule has 0 aliphatic carbocycles. The Morgan fingerprint density at radius 1 is 0.917 bits per heavy atom. The van der Waals surface area contributed by atoms with E-state index in [2.05, 4.69) is 0 Å². The summed E-state index contributed by atoms with van der Waals surface area (Å²) < 4.78 is 23.4. The van der Waals surface area contributed by atoms with E-state index in [4.69, 9.17) is 5.11 Å². The molecule has 74 valence electrons. The van der Waals surface area contributed by atoms with Crippen molar-refractivity contribution in [3.63, 3.8) is 0 Å². The second kappa shape index (κ2) is 8.91. The lowest BCUT2D eigenvalue weighted by Gasteiger charge is -2.00. The maximum Gasteiger partial charge on any atom is 0.196 e. The molecule has 0 aliphatic heterocycles. The summed E-state index contributed by atoms with van der Waals surface area (Å²) in [7, 11) is 0. The van der Waals surface area contributed by atoms with Crippen LogP contribution in [0.2, 0.25) is 0 Å². The molecule has 1 nitrogen and oxygen atoms in total. The Labute approximate surface area is 72.8 Å². The number of alkyl halides is 2. The van der Waals surface area contributed by atoms with E-state index in [1.807, 2.05) is 0 Å². The fourth-order valence-corrected chi connectivity index (χ4v) is 1.11. The van der Waals surface area contributed by atoms with Crippen molar-refractivity contribution < 1.29 is 13.9 Å². The highest BCUT2D eigenvalue weighted by molar-refractivity contribution is 4.46. The summed E-state index contributed by atoms with van der Waals surface area (Å²) in [4.78, 5) is 0. The summed E-state index contributed by atoms with van der Waals surface area (Å²) in [5, 5.41) is 8.28. The molecule has 0 spiro atoms. The van der Waals surface area contributed by atoms with Crippen molar-refractivity contribution in [3.05, 3.63) is 0 Å². The van der Waals surface area contributed by atoms with Crippen LogP contribution in [0.3, 0.4) is 0 Å². The quantitative estimate of drug-likeness (QED) is 0.569.